The molecule has 2 aromatic rings. The van der Waals surface area contributed by atoms with Gasteiger partial charge in [-0.2, -0.15) is 5.10 Å². The van der Waals surface area contributed by atoms with E-state index in [-0.39, 0.29) is 6.04 Å². The smallest absolute Gasteiger partial charge is 0.0924 e. The van der Waals surface area contributed by atoms with Crippen LogP contribution < -0.4 is 5.73 Å². The van der Waals surface area contributed by atoms with Gasteiger partial charge in [-0.15, -0.1) is 0 Å². The van der Waals surface area contributed by atoms with Crippen molar-refractivity contribution in [2.24, 2.45) is 5.73 Å². The van der Waals surface area contributed by atoms with Gasteiger partial charge in [-0.3, -0.25) is 5.10 Å². The largest absolute Gasteiger partial charge is 0.323 e. The summed E-state index contributed by atoms with van der Waals surface area (Å²) in [5.74, 6) is 0. The number of nitrogens with zero attached hydrogens (tertiary/aromatic N) is 1. The molecule has 1 aromatic heterocycles. The van der Waals surface area contributed by atoms with E-state index in [0.29, 0.717) is 0 Å². The standard InChI is InChI=1S/C11H12ClN3/c1-7(13)10-6-11(15-14-10)8-2-4-9(12)5-3-8/h2-7H,13H2,1H3,(H,14,15)/t7-/m0/s1. The summed E-state index contributed by atoms with van der Waals surface area (Å²) >= 11 is 5.81. The Kier molecular flexibility index (Phi) is 2.75. The van der Waals surface area contributed by atoms with Crippen LogP contribution in [0.5, 0.6) is 0 Å². The molecule has 0 saturated carbocycles. The van der Waals surface area contributed by atoms with E-state index in [2.05, 4.69) is 10.2 Å². The maximum atomic E-state index is 5.81. The van der Waals surface area contributed by atoms with Gasteiger partial charge in [0.15, 0.2) is 0 Å². The Morgan fingerprint density at radius 3 is 2.53 bits per heavy atom. The summed E-state index contributed by atoms with van der Waals surface area (Å²) in [7, 11) is 0. The second kappa shape index (κ2) is 4.04. The van der Waals surface area contributed by atoms with Crippen molar-refractivity contribution in [3.8, 4) is 11.3 Å². The number of rotatable bonds is 2. The third-order valence-electron chi connectivity index (χ3n) is 2.23. The van der Waals surface area contributed by atoms with Crippen molar-refractivity contribution in [2.75, 3.05) is 0 Å². The minimum Gasteiger partial charge on any atom is -0.323 e. The number of halogens is 1. The van der Waals surface area contributed by atoms with E-state index in [1.807, 2.05) is 37.3 Å². The Labute approximate surface area is 93.3 Å². The Balaban J connectivity index is 2.33. The van der Waals surface area contributed by atoms with Crippen molar-refractivity contribution in [2.45, 2.75) is 13.0 Å². The number of aromatic amines is 1. The first kappa shape index (κ1) is 10.2. The van der Waals surface area contributed by atoms with Gasteiger partial charge in [0.25, 0.3) is 0 Å². The molecule has 78 valence electrons. The fourth-order valence-electron chi connectivity index (χ4n) is 1.34. The molecule has 3 N–H and O–H groups in total. The van der Waals surface area contributed by atoms with Gasteiger partial charge in [0.1, 0.15) is 0 Å². The molecular weight excluding hydrogens is 210 g/mol. The summed E-state index contributed by atoms with van der Waals surface area (Å²) in [6.45, 7) is 1.92. The zero-order valence-corrected chi connectivity index (χ0v) is 9.12. The van der Waals surface area contributed by atoms with E-state index < -0.39 is 0 Å². The third kappa shape index (κ3) is 2.19. The Hall–Kier alpha value is -1.32. The summed E-state index contributed by atoms with van der Waals surface area (Å²) < 4.78 is 0. The van der Waals surface area contributed by atoms with Crippen LogP contribution in [-0.2, 0) is 0 Å². The topological polar surface area (TPSA) is 54.7 Å². The predicted molar refractivity (Wildman–Crippen MR) is 61.6 cm³/mol. The van der Waals surface area contributed by atoms with Gasteiger partial charge in [-0.05, 0) is 25.1 Å². The van der Waals surface area contributed by atoms with E-state index >= 15 is 0 Å². The maximum absolute atomic E-state index is 5.81. The summed E-state index contributed by atoms with van der Waals surface area (Å²) in [4.78, 5) is 0. The zero-order chi connectivity index (χ0) is 10.8. The van der Waals surface area contributed by atoms with Crippen molar-refractivity contribution in [1.29, 1.82) is 0 Å². The molecule has 4 heteroatoms. The predicted octanol–water partition coefficient (Wildman–Crippen LogP) is 2.75. The van der Waals surface area contributed by atoms with Gasteiger partial charge in [0.2, 0.25) is 0 Å². The van der Waals surface area contributed by atoms with E-state index in [9.17, 15) is 0 Å². The minimum absolute atomic E-state index is 0.0291. The van der Waals surface area contributed by atoms with E-state index in [0.717, 1.165) is 22.0 Å². The van der Waals surface area contributed by atoms with E-state index in [4.69, 9.17) is 17.3 Å². The van der Waals surface area contributed by atoms with Gasteiger partial charge < -0.3 is 5.73 Å². The van der Waals surface area contributed by atoms with Gasteiger partial charge in [-0.1, -0.05) is 23.7 Å². The van der Waals surface area contributed by atoms with Gasteiger partial charge in [0, 0.05) is 16.6 Å². The van der Waals surface area contributed by atoms with Crippen LogP contribution in [-0.4, -0.2) is 10.2 Å². The van der Waals surface area contributed by atoms with Crippen LogP contribution in [0.3, 0.4) is 0 Å². The molecule has 0 aliphatic heterocycles. The Morgan fingerprint density at radius 2 is 2.00 bits per heavy atom. The van der Waals surface area contributed by atoms with Gasteiger partial charge in [0.05, 0.1) is 11.4 Å². The van der Waals surface area contributed by atoms with Gasteiger partial charge >= 0.3 is 0 Å². The monoisotopic (exact) mass is 221 g/mol. The van der Waals surface area contributed by atoms with Crippen molar-refractivity contribution in [3.05, 3.63) is 41.0 Å². The average Bonchev–Trinajstić information content (AvgIpc) is 2.68. The zero-order valence-electron chi connectivity index (χ0n) is 8.37. The lowest BCUT2D eigenvalue weighted by Crippen LogP contribution is -2.04. The van der Waals surface area contributed by atoms with Crippen molar-refractivity contribution in [1.82, 2.24) is 10.2 Å². The second-order valence-corrected chi connectivity index (χ2v) is 3.94. The normalized spacial score (nSPS) is 12.7. The fraction of sp³-hybridized carbons (Fsp3) is 0.182. The van der Waals surface area contributed by atoms with Crippen molar-refractivity contribution < 1.29 is 0 Å². The third-order valence-corrected chi connectivity index (χ3v) is 2.48. The lowest BCUT2D eigenvalue weighted by atomic mass is 10.1. The second-order valence-electron chi connectivity index (χ2n) is 3.50. The highest BCUT2D eigenvalue weighted by Gasteiger charge is 2.06. The molecule has 0 amide bonds. The highest BCUT2D eigenvalue weighted by molar-refractivity contribution is 6.30. The molecule has 1 atom stereocenters. The fourth-order valence-corrected chi connectivity index (χ4v) is 1.46. The average molecular weight is 222 g/mol. The van der Waals surface area contributed by atoms with Crippen LogP contribution in [0.25, 0.3) is 11.3 Å². The molecule has 0 fully saturated rings. The summed E-state index contributed by atoms with van der Waals surface area (Å²) in [5.41, 5.74) is 8.59. The highest BCUT2D eigenvalue weighted by atomic mass is 35.5. The SMILES string of the molecule is C[C@H](N)c1cc(-c2ccc(Cl)cc2)n[nH]1. The van der Waals surface area contributed by atoms with Crippen LogP contribution in [0.15, 0.2) is 30.3 Å². The minimum atomic E-state index is -0.0291. The van der Waals surface area contributed by atoms with Crippen LogP contribution >= 0.6 is 11.6 Å². The Bertz CT molecular complexity index is 445. The molecule has 0 bridgehead atoms. The molecule has 0 saturated heterocycles. The van der Waals surface area contributed by atoms with Crippen molar-refractivity contribution >= 4 is 11.6 Å². The first-order valence-electron chi connectivity index (χ1n) is 4.73. The molecule has 1 heterocycles. The number of hydrogen-bond acceptors (Lipinski definition) is 2. The summed E-state index contributed by atoms with van der Waals surface area (Å²) in [5, 5.41) is 7.82. The highest BCUT2D eigenvalue weighted by Crippen LogP contribution is 2.21. The van der Waals surface area contributed by atoms with E-state index in [1.54, 1.807) is 0 Å². The molecule has 3 nitrogen and oxygen atoms in total. The van der Waals surface area contributed by atoms with Crippen LogP contribution in [0, 0.1) is 0 Å². The molecule has 0 radical (unpaired) electrons. The number of benzene rings is 1. The van der Waals surface area contributed by atoms with Gasteiger partial charge in [-0.25, -0.2) is 0 Å². The number of nitrogens with one attached hydrogen (secondary N) is 1. The first-order valence-corrected chi connectivity index (χ1v) is 5.11. The van der Waals surface area contributed by atoms with Crippen LogP contribution in [0.1, 0.15) is 18.7 Å². The lowest BCUT2D eigenvalue weighted by molar-refractivity contribution is 0.772. The molecule has 15 heavy (non-hydrogen) atoms. The summed E-state index contributed by atoms with van der Waals surface area (Å²) in [6, 6.07) is 9.48. The molecular formula is C11H12ClN3. The van der Waals surface area contributed by atoms with Crippen LogP contribution in [0.4, 0.5) is 0 Å². The lowest BCUT2D eigenvalue weighted by Gasteiger charge is -1.97. The molecule has 1 aromatic carbocycles. The molecule has 2 rings (SSSR count). The quantitative estimate of drug-likeness (QED) is 0.820. The van der Waals surface area contributed by atoms with Crippen molar-refractivity contribution in [3.63, 3.8) is 0 Å². The van der Waals surface area contributed by atoms with Crippen LogP contribution in [0.2, 0.25) is 5.02 Å². The molecule has 0 spiro atoms. The number of H-pyrrole nitrogens is 1. The maximum Gasteiger partial charge on any atom is 0.0924 e. The molecule has 0 aliphatic carbocycles. The summed E-state index contributed by atoms with van der Waals surface area (Å²) in [6.07, 6.45) is 0. The number of aromatic nitrogens is 2. The number of nitrogens with two attached hydrogens (primary N) is 1. The molecule has 0 aliphatic rings. The Morgan fingerprint density at radius 1 is 1.33 bits per heavy atom. The first-order chi connectivity index (χ1) is 7.16. The molecule has 0 unspecified atom stereocenters. The number of hydrogen-bond donors (Lipinski definition) is 2. The van der Waals surface area contributed by atoms with E-state index in [1.165, 1.54) is 0 Å².